The molecule has 2 aliphatic rings. The van der Waals surface area contributed by atoms with Crippen LogP contribution >= 0.6 is 11.6 Å². The van der Waals surface area contributed by atoms with Crippen LogP contribution in [0.3, 0.4) is 0 Å². The number of hydrogen-bond donors (Lipinski definition) is 3. The van der Waals surface area contributed by atoms with Crippen molar-refractivity contribution in [3.05, 3.63) is 94.0 Å². The standard InChI is InChI=1S/C26H24ClN3O3/c27-18-10-9-16(14-28)17(13-18)15-29-24(31)23-11-12-30(23)25(32)26(33)21-7-3-1-5-19(21)20-6-2-4-8-22(20)26/h1-10,13,23,33H,11-12,14-15,28H2,(H,29,31)/t23-/m0/s1. The second-order valence-corrected chi connectivity index (χ2v) is 8.88. The van der Waals surface area contributed by atoms with Crippen LogP contribution < -0.4 is 11.1 Å². The van der Waals surface area contributed by atoms with E-state index in [9.17, 15) is 14.7 Å². The highest BCUT2D eigenvalue weighted by Gasteiger charge is 2.53. The molecule has 0 spiro atoms. The molecule has 1 fully saturated rings. The number of nitrogens with one attached hydrogen (secondary N) is 1. The molecule has 4 N–H and O–H groups in total. The van der Waals surface area contributed by atoms with Crippen molar-refractivity contribution in [3.8, 4) is 11.1 Å². The van der Waals surface area contributed by atoms with Crippen LogP contribution in [-0.4, -0.2) is 34.4 Å². The third-order valence-corrected chi connectivity index (χ3v) is 6.89. The van der Waals surface area contributed by atoms with Gasteiger partial charge in [0.1, 0.15) is 6.04 Å². The van der Waals surface area contributed by atoms with Crippen LogP contribution in [0.2, 0.25) is 5.02 Å². The summed E-state index contributed by atoms with van der Waals surface area (Å²) in [7, 11) is 0. The van der Waals surface area contributed by atoms with Crippen molar-refractivity contribution in [2.75, 3.05) is 6.54 Å². The summed E-state index contributed by atoms with van der Waals surface area (Å²) in [5.74, 6) is -0.739. The highest BCUT2D eigenvalue weighted by molar-refractivity contribution is 6.30. The highest BCUT2D eigenvalue weighted by Crippen LogP contribution is 2.48. The third-order valence-electron chi connectivity index (χ3n) is 6.66. The van der Waals surface area contributed by atoms with Crippen LogP contribution in [0, 0.1) is 0 Å². The first-order valence-electron chi connectivity index (χ1n) is 10.9. The molecular weight excluding hydrogens is 438 g/mol. The van der Waals surface area contributed by atoms with E-state index in [-0.39, 0.29) is 12.5 Å². The van der Waals surface area contributed by atoms with Crippen molar-refractivity contribution in [1.29, 1.82) is 0 Å². The molecule has 1 aliphatic carbocycles. The summed E-state index contributed by atoms with van der Waals surface area (Å²) in [4.78, 5) is 28.1. The fourth-order valence-corrected chi connectivity index (χ4v) is 5.01. The molecule has 2 amide bonds. The van der Waals surface area contributed by atoms with E-state index < -0.39 is 17.6 Å². The second kappa shape index (κ2) is 8.30. The van der Waals surface area contributed by atoms with Crippen LogP contribution in [0.4, 0.5) is 0 Å². The Labute approximate surface area is 197 Å². The Morgan fingerprint density at radius 3 is 2.24 bits per heavy atom. The molecule has 6 nitrogen and oxygen atoms in total. The molecule has 33 heavy (non-hydrogen) atoms. The number of likely N-dealkylation sites (tertiary alicyclic amines) is 1. The molecular formula is C26H24ClN3O3. The molecule has 1 atom stereocenters. The lowest BCUT2D eigenvalue weighted by molar-refractivity contribution is -0.160. The Hall–Kier alpha value is -3.19. The van der Waals surface area contributed by atoms with Gasteiger partial charge in [-0.3, -0.25) is 9.59 Å². The number of nitrogens with two attached hydrogens (primary N) is 1. The van der Waals surface area contributed by atoms with E-state index in [2.05, 4.69) is 5.32 Å². The van der Waals surface area contributed by atoms with E-state index in [0.717, 1.165) is 22.3 Å². The first kappa shape index (κ1) is 21.6. The lowest BCUT2D eigenvalue weighted by Gasteiger charge is -2.43. The summed E-state index contributed by atoms with van der Waals surface area (Å²) in [6.07, 6.45) is 0.538. The van der Waals surface area contributed by atoms with Crippen molar-refractivity contribution >= 4 is 23.4 Å². The maximum Gasteiger partial charge on any atom is 0.264 e. The first-order valence-corrected chi connectivity index (χ1v) is 11.3. The number of carbonyl (C=O) groups excluding carboxylic acids is 2. The maximum absolute atomic E-state index is 13.7. The fourth-order valence-electron chi connectivity index (χ4n) is 4.81. The predicted octanol–water partition coefficient (Wildman–Crippen LogP) is 2.93. The van der Waals surface area contributed by atoms with Gasteiger partial charge in [-0.05, 0) is 40.8 Å². The number of hydrogen-bond acceptors (Lipinski definition) is 4. The van der Waals surface area contributed by atoms with Crippen LogP contribution in [-0.2, 0) is 28.3 Å². The van der Waals surface area contributed by atoms with Crippen molar-refractivity contribution < 1.29 is 14.7 Å². The molecule has 1 heterocycles. The van der Waals surface area contributed by atoms with Crippen molar-refractivity contribution in [2.24, 2.45) is 5.73 Å². The SMILES string of the molecule is NCc1ccc(Cl)cc1CNC(=O)[C@@H]1CCN1C(=O)C1(O)c2ccccc2-c2ccccc21. The number of benzene rings is 3. The van der Waals surface area contributed by atoms with Gasteiger partial charge < -0.3 is 21.1 Å². The molecule has 168 valence electrons. The summed E-state index contributed by atoms with van der Waals surface area (Å²) in [6, 6.07) is 19.5. The largest absolute Gasteiger partial charge is 0.372 e. The van der Waals surface area contributed by atoms with Crippen molar-refractivity contribution in [2.45, 2.75) is 31.2 Å². The smallest absolute Gasteiger partial charge is 0.264 e. The van der Waals surface area contributed by atoms with E-state index in [1.807, 2.05) is 42.5 Å². The lowest BCUT2D eigenvalue weighted by atomic mass is 9.87. The van der Waals surface area contributed by atoms with Crippen LogP contribution in [0.25, 0.3) is 11.1 Å². The molecule has 0 bridgehead atoms. The van der Waals surface area contributed by atoms with Gasteiger partial charge in [-0.2, -0.15) is 0 Å². The van der Waals surface area contributed by atoms with E-state index in [4.69, 9.17) is 17.3 Å². The average molecular weight is 462 g/mol. The van der Waals surface area contributed by atoms with E-state index in [1.165, 1.54) is 4.90 Å². The van der Waals surface area contributed by atoms with E-state index >= 15 is 0 Å². The Morgan fingerprint density at radius 1 is 1.03 bits per heavy atom. The van der Waals surface area contributed by atoms with Gasteiger partial charge in [0, 0.05) is 35.8 Å². The topological polar surface area (TPSA) is 95.7 Å². The number of fused-ring (bicyclic) bond motifs is 3. The number of amides is 2. The van der Waals surface area contributed by atoms with Crippen LogP contribution in [0.5, 0.6) is 0 Å². The second-order valence-electron chi connectivity index (χ2n) is 8.44. The summed E-state index contributed by atoms with van der Waals surface area (Å²) in [5.41, 5.74) is 8.48. The summed E-state index contributed by atoms with van der Waals surface area (Å²) < 4.78 is 0. The van der Waals surface area contributed by atoms with Gasteiger partial charge in [0.25, 0.3) is 5.91 Å². The molecule has 3 aromatic carbocycles. The minimum Gasteiger partial charge on any atom is -0.372 e. The number of nitrogens with zero attached hydrogens (tertiary/aromatic N) is 1. The van der Waals surface area contributed by atoms with Gasteiger partial charge in [0.2, 0.25) is 5.91 Å². The maximum atomic E-state index is 13.7. The van der Waals surface area contributed by atoms with Gasteiger partial charge >= 0.3 is 0 Å². The number of aliphatic hydroxyl groups is 1. The zero-order valence-electron chi connectivity index (χ0n) is 17.9. The Balaban J connectivity index is 1.37. The zero-order valence-corrected chi connectivity index (χ0v) is 18.7. The Bertz CT molecular complexity index is 1210. The van der Waals surface area contributed by atoms with Crippen molar-refractivity contribution in [1.82, 2.24) is 10.2 Å². The molecule has 5 rings (SSSR count). The monoisotopic (exact) mass is 461 g/mol. The molecule has 0 unspecified atom stereocenters. The fraction of sp³-hybridized carbons (Fsp3) is 0.231. The summed E-state index contributed by atoms with van der Waals surface area (Å²) in [5, 5.41) is 15.2. The average Bonchev–Trinajstić information content (AvgIpc) is 3.07. The van der Waals surface area contributed by atoms with E-state index in [0.29, 0.717) is 35.7 Å². The Morgan fingerprint density at radius 2 is 1.67 bits per heavy atom. The molecule has 0 radical (unpaired) electrons. The lowest BCUT2D eigenvalue weighted by Crippen LogP contribution is -2.62. The van der Waals surface area contributed by atoms with Gasteiger partial charge in [0.15, 0.2) is 5.60 Å². The minimum absolute atomic E-state index is 0.263. The molecule has 3 aromatic rings. The molecule has 1 saturated heterocycles. The van der Waals surface area contributed by atoms with Gasteiger partial charge in [0.05, 0.1) is 0 Å². The van der Waals surface area contributed by atoms with Gasteiger partial charge in [-0.1, -0.05) is 66.2 Å². The quantitative estimate of drug-likeness (QED) is 0.544. The molecule has 0 saturated carbocycles. The van der Waals surface area contributed by atoms with Crippen molar-refractivity contribution in [3.63, 3.8) is 0 Å². The highest BCUT2D eigenvalue weighted by atomic mass is 35.5. The number of carbonyl (C=O) groups is 2. The van der Waals surface area contributed by atoms with Gasteiger partial charge in [-0.15, -0.1) is 0 Å². The Kier molecular flexibility index (Phi) is 5.44. The molecule has 7 heteroatoms. The third kappa shape index (κ3) is 3.42. The van der Waals surface area contributed by atoms with Crippen LogP contribution in [0.1, 0.15) is 28.7 Å². The first-order chi connectivity index (χ1) is 15.9. The normalized spacial score (nSPS) is 17.7. The summed E-state index contributed by atoms with van der Waals surface area (Å²) in [6.45, 7) is 1.01. The van der Waals surface area contributed by atoms with E-state index in [1.54, 1.807) is 24.3 Å². The van der Waals surface area contributed by atoms with Crippen LogP contribution in [0.15, 0.2) is 66.7 Å². The zero-order chi connectivity index (χ0) is 23.2. The number of rotatable bonds is 5. The minimum atomic E-state index is -1.81. The molecule has 1 aliphatic heterocycles. The predicted molar refractivity (Wildman–Crippen MR) is 126 cm³/mol. The number of halogens is 1. The summed E-state index contributed by atoms with van der Waals surface area (Å²) >= 11 is 6.09. The molecule has 0 aromatic heterocycles. The van der Waals surface area contributed by atoms with Gasteiger partial charge in [-0.25, -0.2) is 0 Å².